The summed E-state index contributed by atoms with van der Waals surface area (Å²) < 4.78 is 2.65. The molecule has 0 saturated carbocycles. The molecule has 0 saturated heterocycles. The van der Waals surface area contributed by atoms with Gasteiger partial charge in [-0.05, 0) is 17.5 Å². The van der Waals surface area contributed by atoms with Crippen LogP contribution in [0.25, 0.3) is 16.2 Å². The Bertz CT molecular complexity index is 1320. The van der Waals surface area contributed by atoms with Gasteiger partial charge in [0.25, 0.3) is 5.56 Å². The summed E-state index contributed by atoms with van der Waals surface area (Å²) in [6.07, 6.45) is 2.89. The van der Waals surface area contributed by atoms with Gasteiger partial charge in [0.15, 0.2) is 5.65 Å². The zero-order chi connectivity index (χ0) is 19.3. The molecule has 1 aliphatic heterocycles. The molecule has 0 spiro atoms. The van der Waals surface area contributed by atoms with Crippen LogP contribution in [0.1, 0.15) is 11.3 Å². The van der Waals surface area contributed by atoms with Crippen molar-refractivity contribution in [1.82, 2.24) is 29.0 Å². The number of rotatable bonds is 3. The van der Waals surface area contributed by atoms with Crippen LogP contribution in [0.5, 0.6) is 0 Å². The van der Waals surface area contributed by atoms with E-state index in [9.17, 15) is 14.4 Å². The van der Waals surface area contributed by atoms with Gasteiger partial charge < -0.3 is 4.90 Å². The Kier molecular flexibility index (Phi) is 3.72. The number of nitrogens with one attached hydrogen (secondary N) is 1. The first-order chi connectivity index (χ1) is 13.6. The highest BCUT2D eigenvalue weighted by molar-refractivity contribution is 7.13. The van der Waals surface area contributed by atoms with Crippen molar-refractivity contribution < 1.29 is 4.79 Å². The number of H-pyrrole nitrogens is 1. The second kappa shape index (κ2) is 6.27. The minimum Gasteiger partial charge on any atom is -0.331 e. The van der Waals surface area contributed by atoms with Gasteiger partial charge in [-0.2, -0.15) is 0 Å². The lowest BCUT2D eigenvalue weighted by atomic mass is 10.3. The molecule has 5 heterocycles. The number of carbonyl (C=O) groups is 1. The van der Waals surface area contributed by atoms with E-state index in [-0.39, 0.29) is 31.1 Å². The highest BCUT2D eigenvalue weighted by Gasteiger charge is 2.28. The molecule has 0 aliphatic carbocycles. The Balaban J connectivity index is 1.45. The van der Waals surface area contributed by atoms with Gasteiger partial charge in [0.1, 0.15) is 6.54 Å². The van der Waals surface area contributed by atoms with Crippen LogP contribution in [-0.2, 0) is 24.4 Å². The predicted octanol–water partition coefficient (Wildman–Crippen LogP) is 0.850. The van der Waals surface area contributed by atoms with Crippen LogP contribution in [0.2, 0.25) is 0 Å². The van der Waals surface area contributed by atoms with Gasteiger partial charge >= 0.3 is 5.69 Å². The van der Waals surface area contributed by atoms with Crippen LogP contribution < -0.4 is 11.2 Å². The molecule has 1 N–H and O–H groups in total. The molecule has 0 fully saturated rings. The largest absolute Gasteiger partial charge is 0.347 e. The first kappa shape index (κ1) is 16.6. The van der Waals surface area contributed by atoms with E-state index in [1.807, 2.05) is 23.6 Å². The zero-order valence-electron chi connectivity index (χ0n) is 14.5. The molecular formula is C18H14N6O3S. The number of carbonyl (C=O) groups excluding carboxylic acids is 1. The summed E-state index contributed by atoms with van der Waals surface area (Å²) in [6, 6.07) is 7.33. The van der Waals surface area contributed by atoms with Crippen molar-refractivity contribution in [2.75, 3.05) is 0 Å². The summed E-state index contributed by atoms with van der Waals surface area (Å²) >= 11 is 1.57. The first-order valence-corrected chi connectivity index (χ1v) is 9.45. The van der Waals surface area contributed by atoms with Gasteiger partial charge in [-0.3, -0.25) is 19.3 Å². The van der Waals surface area contributed by atoms with E-state index >= 15 is 0 Å². The maximum Gasteiger partial charge on any atom is 0.347 e. The molecule has 4 aromatic heterocycles. The fourth-order valence-corrected chi connectivity index (χ4v) is 4.00. The van der Waals surface area contributed by atoms with Gasteiger partial charge in [-0.25, -0.2) is 19.3 Å². The van der Waals surface area contributed by atoms with Crippen molar-refractivity contribution in [3.05, 3.63) is 74.1 Å². The standard InChI is InChI=1S/C18H14N6O3S/c25-16(10-22-5-2-4-19-18(22)27)23-8-11-13(9-23)20-15-7-12(14-3-1-6-28-14)21-24(15)17(11)26/h1-7,21H,8-10H2. The van der Waals surface area contributed by atoms with Crippen LogP contribution in [0.4, 0.5) is 0 Å². The fourth-order valence-electron chi connectivity index (χ4n) is 3.31. The number of thiophene rings is 1. The summed E-state index contributed by atoms with van der Waals surface area (Å²) in [5.74, 6) is -0.263. The number of hydrogen-bond acceptors (Lipinski definition) is 6. The van der Waals surface area contributed by atoms with Crippen LogP contribution in [-0.4, -0.2) is 35.0 Å². The zero-order valence-corrected chi connectivity index (χ0v) is 15.3. The summed E-state index contributed by atoms with van der Waals surface area (Å²) in [4.78, 5) is 47.9. The van der Waals surface area contributed by atoms with Gasteiger partial charge in [0.05, 0.1) is 34.9 Å². The molecule has 1 aliphatic rings. The van der Waals surface area contributed by atoms with Crippen molar-refractivity contribution in [3.8, 4) is 10.6 Å². The number of fused-ring (bicyclic) bond motifs is 2. The van der Waals surface area contributed by atoms with Crippen molar-refractivity contribution in [2.24, 2.45) is 0 Å². The Morgan fingerprint density at radius 2 is 2.14 bits per heavy atom. The number of aromatic amines is 1. The van der Waals surface area contributed by atoms with Gasteiger partial charge in [-0.1, -0.05) is 6.07 Å². The van der Waals surface area contributed by atoms with Crippen LogP contribution in [0.15, 0.2) is 51.6 Å². The average Bonchev–Trinajstić information content (AvgIpc) is 3.42. The summed E-state index contributed by atoms with van der Waals surface area (Å²) in [5.41, 5.74) is 1.73. The lowest BCUT2D eigenvalue weighted by Gasteiger charge is -2.15. The monoisotopic (exact) mass is 394 g/mol. The fraction of sp³-hybridized carbons (Fsp3) is 0.167. The SMILES string of the molecule is O=C(Cn1cccnc1=O)N1Cc2nc3cc(-c4cccs4)[nH]n3c(=O)c2C1. The third kappa shape index (κ3) is 2.65. The van der Waals surface area contributed by atoms with E-state index in [0.717, 1.165) is 10.6 Å². The highest BCUT2D eigenvalue weighted by Crippen LogP contribution is 2.25. The summed E-state index contributed by atoms with van der Waals surface area (Å²) in [7, 11) is 0. The van der Waals surface area contributed by atoms with E-state index in [1.165, 1.54) is 26.4 Å². The minimum absolute atomic E-state index is 0.123. The minimum atomic E-state index is -0.486. The molecule has 28 heavy (non-hydrogen) atoms. The Labute approximate surface area is 161 Å². The van der Waals surface area contributed by atoms with Crippen molar-refractivity contribution in [3.63, 3.8) is 0 Å². The van der Waals surface area contributed by atoms with Gasteiger partial charge in [0, 0.05) is 18.5 Å². The van der Waals surface area contributed by atoms with E-state index < -0.39 is 5.69 Å². The summed E-state index contributed by atoms with van der Waals surface area (Å²) in [5, 5.41) is 5.05. The lowest BCUT2D eigenvalue weighted by molar-refractivity contribution is -0.132. The molecule has 0 aromatic carbocycles. The number of nitrogens with zero attached hydrogens (tertiary/aromatic N) is 5. The van der Waals surface area contributed by atoms with Crippen molar-refractivity contribution in [2.45, 2.75) is 19.6 Å². The maximum absolute atomic E-state index is 12.9. The molecule has 0 unspecified atom stereocenters. The Morgan fingerprint density at radius 1 is 1.25 bits per heavy atom. The second-order valence-corrected chi connectivity index (χ2v) is 7.41. The normalized spacial score (nSPS) is 13.2. The smallest absolute Gasteiger partial charge is 0.331 e. The van der Waals surface area contributed by atoms with Gasteiger partial charge in [0.2, 0.25) is 5.91 Å². The highest BCUT2D eigenvalue weighted by atomic mass is 32.1. The molecule has 0 radical (unpaired) electrons. The van der Waals surface area contributed by atoms with E-state index in [0.29, 0.717) is 16.9 Å². The topological polar surface area (TPSA) is 105 Å². The lowest BCUT2D eigenvalue weighted by Crippen LogP contribution is -2.34. The third-order valence-electron chi connectivity index (χ3n) is 4.71. The van der Waals surface area contributed by atoms with Crippen molar-refractivity contribution in [1.29, 1.82) is 0 Å². The molecule has 0 bridgehead atoms. The third-order valence-corrected chi connectivity index (χ3v) is 5.61. The van der Waals surface area contributed by atoms with Crippen LogP contribution >= 0.6 is 11.3 Å². The molecule has 0 atom stereocenters. The van der Waals surface area contributed by atoms with Crippen LogP contribution in [0, 0.1) is 0 Å². The predicted molar refractivity (Wildman–Crippen MR) is 102 cm³/mol. The Hall–Kier alpha value is -3.53. The van der Waals surface area contributed by atoms with E-state index in [2.05, 4.69) is 15.1 Å². The second-order valence-electron chi connectivity index (χ2n) is 6.46. The van der Waals surface area contributed by atoms with E-state index in [1.54, 1.807) is 17.4 Å². The molecule has 9 nitrogen and oxygen atoms in total. The number of aromatic nitrogens is 5. The number of hydrogen-bond donors (Lipinski definition) is 1. The van der Waals surface area contributed by atoms with Gasteiger partial charge in [-0.15, -0.1) is 11.3 Å². The molecule has 140 valence electrons. The molecule has 10 heteroatoms. The maximum atomic E-state index is 12.9. The van der Waals surface area contributed by atoms with E-state index in [4.69, 9.17) is 0 Å². The molecule has 4 aromatic rings. The first-order valence-electron chi connectivity index (χ1n) is 8.57. The summed E-state index contributed by atoms with van der Waals surface area (Å²) in [6.45, 7) is 0.294. The molecule has 5 rings (SSSR count). The van der Waals surface area contributed by atoms with Crippen molar-refractivity contribution >= 4 is 22.9 Å². The molecule has 1 amide bonds. The average molecular weight is 394 g/mol. The Morgan fingerprint density at radius 3 is 2.93 bits per heavy atom. The number of amides is 1. The quantitative estimate of drug-likeness (QED) is 0.555. The molecular weight excluding hydrogens is 380 g/mol. The van der Waals surface area contributed by atoms with Crippen LogP contribution in [0.3, 0.4) is 0 Å².